The van der Waals surface area contributed by atoms with Crippen molar-refractivity contribution >= 4 is 19.8 Å². The quantitative estimate of drug-likeness (QED) is 0.0341. The Labute approximate surface area is 420 Å². The molecule has 2 aliphatic heterocycles. The predicted octanol–water partition coefficient (Wildman–Crippen LogP) is 5.08. The number of nitriles is 1. The Morgan fingerprint density at radius 1 is 1.06 bits per heavy atom. The van der Waals surface area contributed by atoms with E-state index < -0.39 is 104 Å². The highest BCUT2D eigenvalue weighted by molar-refractivity contribution is 7.46. The van der Waals surface area contributed by atoms with E-state index in [1.54, 1.807) is 52.8 Å². The van der Waals surface area contributed by atoms with Gasteiger partial charge >= 0.3 is 7.82 Å². The minimum atomic E-state index is -5.16. The van der Waals surface area contributed by atoms with Gasteiger partial charge in [0.2, 0.25) is 0 Å². The molecule has 0 aromatic carbocycles. The Bertz CT molecular complexity index is 2110. The lowest BCUT2D eigenvalue weighted by Gasteiger charge is -2.50. The maximum Gasteiger partial charge on any atom is 0.469 e. The summed E-state index contributed by atoms with van der Waals surface area (Å²) in [6.45, 7) is 18.2. The smallest absolute Gasteiger partial charge is 0.448 e. The summed E-state index contributed by atoms with van der Waals surface area (Å²) in [6.07, 6.45) is 4.05. The van der Waals surface area contributed by atoms with E-state index in [-0.39, 0.29) is 37.7 Å². The highest BCUT2D eigenvalue weighted by atomic mass is 31.2. The lowest BCUT2D eigenvalue weighted by molar-refractivity contribution is -0.334. The predicted molar refractivity (Wildman–Crippen MR) is 267 cm³/mol. The summed E-state index contributed by atoms with van der Waals surface area (Å²) in [7, 11) is 1.13. The molecule has 2 saturated heterocycles. The van der Waals surface area contributed by atoms with Crippen molar-refractivity contribution in [3.05, 3.63) is 71.0 Å². The van der Waals surface area contributed by atoms with Crippen LogP contribution in [0.25, 0.3) is 6.08 Å². The molecule has 0 aliphatic carbocycles. The van der Waals surface area contributed by atoms with Gasteiger partial charge in [-0.25, -0.2) is 9.55 Å². The van der Waals surface area contributed by atoms with Crippen molar-refractivity contribution in [2.75, 3.05) is 34.9 Å². The molecule has 20 heteroatoms. The molecule has 1 spiro atoms. The molecule has 0 radical (unpaired) electrons. The standard InChI is InChI=1S/C51H83N4O15P/c1-29(21-22-52)17-15-18-30(2)31(3)23-32(4)43(58)36(8)39(56)25-42(66-14)46-47(70-71(62,63)64)50(9,10)51(69-46)26-40(57)35(7)41(68-51)20-16-19-37-27-67-49(54-37)33(5)24-34(6)53-48(61)45(60)44(59)38(28-65-13)55(11)12/h15-19,21,23,27,32-36,38-47,56-60H,20,24-26,28H2,1-14H3,(H,53,61)(H2,62,63,64)/b17-15+,19-16?,29-21?,30-18?,31-23?. The van der Waals surface area contributed by atoms with Crippen molar-refractivity contribution in [2.24, 2.45) is 23.2 Å². The van der Waals surface area contributed by atoms with Crippen LogP contribution in [0.2, 0.25) is 0 Å². The van der Waals surface area contributed by atoms with E-state index >= 15 is 0 Å². The first-order chi connectivity index (χ1) is 33.0. The minimum Gasteiger partial charge on any atom is -0.448 e. The fourth-order valence-corrected chi connectivity index (χ4v) is 10.0. The van der Waals surface area contributed by atoms with Crippen LogP contribution in [0, 0.1) is 34.5 Å². The second-order valence-electron chi connectivity index (χ2n) is 20.4. The van der Waals surface area contributed by atoms with E-state index in [9.17, 15) is 44.7 Å². The second kappa shape index (κ2) is 27.2. The summed E-state index contributed by atoms with van der Waals surface area (Å²) in [6, 6.07) is 0.980. The molecule has 1 aromatic heterocycles. The number of aromatic nitrogens is 1. The van der Waals surface area contributed by atoms with Crippen molar-refractivity contribution < 1.29 is 72.6 Å². The third-order valence-electron chi connectivity index (χ3n) is 14.2. The van der Waals surface area contributed by atoms with Gasteiger partial charge in [0.1, 0.15) is 30.3 Å². The van der Waals surface area contributed by atoms with Crippen LogP contribution in [0.4, 0.5) is 0 Å². The molecule has 3 rings (SSSR count). The molecule has 19 nitrogen and oxygen atoms in total. The minimum absolute atomic E-state index is 0.0661. The first kappa shape index (κ1) is 61.9. The van der Waals surface area contributed by atoms with Gasteiger partial charge in [-0.1, -0.05) is 77.5 Å². The zero-order valence-corrected chi connectivity index (χ0v) is 44.9. The summed E-state index contributed by atoms with van der Waals surface area (Å²) in [5.74, 6) is -3.67. The van der Waals surface area contributed by atoms with Gasteiger partial charge in [0.25, 0.3) is 5.91 Å². The van der Waals surface area contributed by atoms with Gasteiger partial charge in [-0.2, -0.15) is 5.26 Å². The number of likely N-dealkylation sites (N-methyl/N-ethyl adjacent to an activating group) is 1. The van der Waals surface area contributed by atoms with Crippen molar-refractivity contribution in [1.82, 2.24) is 15.2 Å². The summed E-state index contributed by atoms with van der Waals surface area (Å²) in [5, 5.41) is 67.4. The number of rotatable bonds is 26. The zero-order chi connectivity index (χ0) is 53.8. The Morgan fingerprint density at radius 2 is 1.72 bits per heavy atom. The fourth-order valence-electron chi connectivity index (χ4n) is 9.34. The topological polar surface area (TPSA) is 287 Å². The lowest BCUT2D eigenvalue weighted by Crippen LogP contribution is -2.58. The van der Waals surface area contributed by atoms with Crippen LogP contribution >= 0.6 is 7.82 Å². The van der Waals surface area contributed by atoms with Crippen LogP contribution in [-0.2, 0) is 32.8 Å². The van der Waals surface area contributed by atoms with E-state index in [1.807, 2.05) is 78.0 Å². The van der Waals surface area contributed by atoms with E-state index in [4.69, 9.17) is 33.2 Å². The van der Waals surface area contributed by atoms with E-state index in [1.165, 1.54) is 26.6 Å². The zero-order valence-electron chi connectivity index (χ0n) is 44.0. The fraction of sp³-hybridized carbons (Fsp3) is 0.706. The van der Waals surface area contributed by atoms with Gasteiger partial charge in [0, 0.05) is 68.3 Å². The van der Waals surface area contributed by atoms with Crippen LogP contribution in [-0.4, -0.2) is 159 Å². The number of nitrogens with one attached hydrogen (secondary N) is 1. The van der Waals surface area contributed by atoms with Gasteiger partial charge in [0.05, 0.1) is 49.2 Å². The molecule has 2 aliphatic rings. The molecule has 16 atom stereocenters. The molecular weight excluding hydrogens is 940 g/mol. The van der Waals surface area contributed by atoms with Gasteiger partial charge in [-0.05, 0) is 71.9 Å². The molecule has 3 heterocycles. The van der Waals surface area contributed by atoms with E-state index in [2.05, 4.69) is 10.3 Å². The molecule has 402 valence electrons. The molecule has 16 unspecified atom stereocenters. The normalized spacial score (nSPS) is 27.8. The molecule has 8 N–H and O–H groups in total. The number of phosphoric ester groups is 1. The number of carbonyl (C=O) groups excluding carboxylic acids is 1. The van der Waals surface area contributed by atoms with Crippen molar-refractivity contribution in [3.8, 4) is 6.07 Å². The number of carbonyl (C=O) groups is 1. The number of aliphatic hydroxyl groups excluding tert-OH is 5. The Morgan fingerprint density at radius 3 is 2.31 bits per heavy atom. The summed E-state index contributed by atoms with van der Waals surface area (Å²) >= 11 is 0. The number of aliphatic hydroxyl groups is 5. The van der Waals surface area contributed by atoms with Gasteiger partial charge in [-0.15, -0.1) is 0 Å². The molecular formula is C51H83N4O15P. The first-order valence-electron chi connectivity index (χ1n) is 24.2. The molecule has 0 bridgehead atoms. The highest BCUT2D eigenvalue weighted by Crippen LogP contribution is 2.59. The van der Waals surface area contributed by atoms with Gasteiger partial charge < -0.3 is 68.9 Å². The third kappa shape index (κ3) is 16.8. The van der Waals surface area contributed by atoms with Crippen molar-refractivity contribution in [3.63, 3.8) is 0 Å². The largest absolute Gasteiger partial charge is 0.469 e. The monoisotopic (exact) mass is 1020 g/mol. The molecule has 71 heavy (non-hydrogen) atoms. The number of methoxy groups -OCH3 is 2. The number of phosphoric acid groups is 1. The lowest BCUT2D eigenvalue weighted by atomic mass is 9.72. The summed E-state index contributed by atoms with van der Waals surface area (Å²) in [5.41, 5.74) is 1.87. The highest BCUT2D eigenvalue weighted by Gasteiger charge is 2.68. The van der Waals surface area contributed by atoms with Gasteiger partial charge in [-0.3, -0.25) is 9.32 Å². The number of ether oxygens (including phenoxy) is 4. The van der Waals surface area contributed by atoms with Crippen LogP contribution in [0.1, 0.15) is 112 Å². The number of amides is 1. The number of hydrogen-bond acceptors (Lipinski definition) is 16. The van der Waals surface area contributed by atoms with E-state index in [0.29, 0.717) is 18.0 Å². The number of allylic oxidation sites excluding steroid dienone is 7. The molecule has 2 fully saturated rings. The summed E-state index contributed by atoms with van der Waals surface area (Å²) < 4.78 is 48.3. The van der Waals surface area contributed by atoms with Crippen LogP contribution in [0.15, 0.2) is 63.9 Å². The second-order valence-corrected chi connectivity index (χ2v) is 21.6. The third-order valence-corrected chi connectivity index (χ3v) is 14.7. The van der Waals surface area contributed by atoms with Crippen LogP contribution in [0.5, 0.6) is 0 Å². The van der Waals surface area contributed by atoms with Crippen molar-refractivity contribution in [1.29, 1.82) is 5.26 Å². The maximum absolute atomic E-state index is 12.8. The number of hydrogen-bond donors (Lipinski definition) is 8. The Balaban J connectivity index is 1.76. The van der Waals surface area contributed by atoms with E-state index in [0.717, 1.165) is 16.7 Å². The SMILES string of the molecule is COCC(C(O)C(O)C(=O)NC(C)CC(C)c1nc(C=CCC2OC3(CC(O)C2C)OC(C(CC(O)C(C)C(O)C(C)C=C(C)C(C)=C/C=C/C(C)=CC#N)OC)C(OP(=O)(O)O)C3(C)C)co1)N(C)C. The van der Waals surface area contributed by atoms with Crippen LogP contribution in [0.3, 0.4) is 0 Å². The average Bonchev–Trinajstić information content (AvgIpc) is 3.84. The van der Waals surface area contributed by atoms with Gasteiger partial charge in [0.15, 0.2) is 17.8 Å². The molecule has 1 amide bonds. The molecule has 0 saturated carbocycles. The molecule has 1 aromatic rings. The summed E-state index contributed by atoms with van der Waals surface area (Å²) in [4.78, 5) is 39.5. The average molecular weight is 1020 g/mol. The first-order valence-corrected chi connectivity index (χ1v) is 25.8. The Hall–Kier alpha value is -3.42. The van der Waals surface area contributed by atoms with Crippen molar-refractivity contribution in [2.45, 2.75) is 174 Å². The Kier molecular flexibility index (Phi) is 23.7. The maximum atomic E-state index is 12.8. The van der Waals surface area contributed by atoms with Crippen LogP contribution < -0.4 is 5.32 Å². The number of nitrogens with zero attached hydrogens (tertiary/aromatic N) is 3. The number of oxazole rings is 1.